The monoisotopic (exact) mass is 397 g/mol. The molecular weight excluding hydrogens is 374 g/mol. The van der Waals surface area contributed by atoms with Crippen LogP contribution >= 0.6 is 0 Å². The van der Waals surface area contributed by atoms with E-state index in [1.165, 1.54) is 0 Å². The van der Waals surface area contributed by atoms with E-state index in [1.54, 1.807) is 4.57 Å². The molecule has 5 aromatic rings. The first-order chi connectivity index (χ1) is 14.5. The molecule has 0 unspecified atom stereocenters. The Kier molecular flexibility index (Phi) is 4.17. The highest BCUT2D eigenvalue weighted by Crippen LogP contribution is 2.29. The van der Waals surface area contributed by atoms with Crippen molar-refractivity contribution < 1.29 is 0 Å². The zero-order valence-corrected chi connectivity index (χ0v) is 17.6. The molecule has 30 heavy (non-hydrogen) atoms. The molecule has 6 nitrogen and oxygen atoms in total. The van der Waals surface area contributed by atoms with Crippen LogP contribution in [0, 0.1) is 20.8 Å². The molecule has 6 heteroatoms. The molecule has 0 fully saturated rings. The van der Waals surface area contributed by atoms with E-state index in [2.05, 4.69) is 39.0 Å². The summed E-state index contributed by atoms with van der Waals surface area (Å²) in [4.78, 5) is 28.1. The van der Waals surface area contributed by atoms with E-state index < -0.39 is 0 Å². The van der Waals surface area contributed by atoms with Gasteiger partial charge in [0.2, 0.25) is 0 Å². The maximum Gasteiger partial charge on any atom is 0.265 e. The third-order valence-electron chi connectivity index (χ3n) is 5.47. The second kappa shape index (κ2) is 6.76. The molecule has 0 saturated heterocycles. The van der Waals surface area contributed by atoms with Gasteiger partial charge in [-0.3, -0.25) is 13.9 Å². The number of aromatic nitrogens is 5. The minimum atomic E-state index is -0.0583. The smallest absolute Gasteiger partial charge is 0.265 e. The van der Waals surface area contributed by atoms with Crippen LogP contribution in [0.2, 0.25) is 0 Å². The summed E-state index contributed by atoms with van der Waals surface area (Å²) in [5, 5.41) is 0.529. The second-order valence-electron chi connectivity index (χ2n) is 7.88. The van der Waals surface area contributed by atoms with Crippen LogP contribution in [-0.4, -0.2) is 24.1 Å². The van der Waals surface area contributed by atoms with Gasteiger partial charge in [-0.1, -0.05) is 25.1 Å². The number of hydrogen-bond acceptors (Lipinski definition) is 4. The van der Waals surface area contributed by atoms with Crippen molar-refractivity contribution >= 4 is 33.2 Å². The minimum absolute atomic E-state index is 0.0583. The van der Waals surface area contributed by atoms with Crippen LogP contribution < -0.4 is 5.56 Å². The number of nitrogens with zero attached hydrogens (tertiary/aromatic N) is 5. The molecule has 3 heterocycles. The minimum Gasteiger partial charge on any atom is -0.296 e. The Morgan fingerprint density at radius 2 is 1.53 bits per heavy atom. The quantitative estimate of drug-likeness (QED) is 0.446. The van der Waals surface area contributed by atoms with Gasteiger partial charge in [-0.25, -0.2) is 15.0 Å². The molecule has 3 aromatic heterocycles. The van der Waals surface area contributed by atoms with E-state index in [1.807, 2.05) is 35.8 Å². The SMILES string of the molecule is CCCn1c(C)nc2c(c1=O)c1nc3ccccc3nc1n2-c1cc(C)cc(C)c1. The molecule has 0 aliphatic rings. The van der Waals surface area contributed by atoms with Crippen LogP contribution in [0.1, 0.15) is 30.3 Å². The lowest BCUT2D eigenvalue weighted by Gasteiger charge is -2.11. The molecule has 2 aromatic carbocycles. The molecule has 0 amide bonds. The first-order valence-electron chi connectivity index (χ1n) is 10.2. The van der Waals surface area contributed by atoms with Crippen LogP contribution in [-0.2, 0) is 6.54 Å². The zero-order chi connectivity index (χ0) is 21.0. The highest BCUT2D eigenvalue weighted by atomic mass is 16.1. The van der Waals surface area contributed by atoms with E-state index in [0.717, 1.165) is 34.3 Å². The molecule has 0 radical (unpaired) electrons. The Labute approximate surface area is 173 Å². The lowest BCUT2D eigenvalue weighted by atomic mass is 10.1. The first kappa shape index (κ1) is 18.5. The van der Waals surface area contributed by atoms with E-state index in [-0.39, 0.29) is 5.56 Å². The predicted molar refractivity (Wildman–Crippen MR) is 120 cm³/mol. The number of hydrogen-bond donors (Lipinski definition) is 0. The summed E-state index contributed by atoms with van der Waals surface area (Å²) in [7, 11) is 0. The number of rotatable bonds is 3. The van der Waals surface area contributed by atoms with Gasteiger partial charge in [0.1, 0.15) is 16.7 Å². The van der Waals surface area contributed by atoms with E-state index in [4.69, 9.17) is 15.0 Å². The third kappa shape index (κ3) is 2.71. The summed E-state index contributed by atoms with van der Waals surface area (Å²) in [6, 6.07) is 14.1. The fourth-order valence-electron chi connectivity index (χ4n) is 4.24. The van der Waals surface area contributed by atoms with Crippen molar-refractivity contribution in [3.05, 3.63) is 69.8 Å². The third-order valence-corrected chi connectivity index (χ3v) is 5.47. The van der Waals surface area contributed by atoms with Gasteiger partial charge in [-0.15, -0.1) is 0 Å². The molecule has 5 rings (SSSR count). The second-order valence-corrected chi connectivity index (χ2v) is 7.88. The molecule has 0 bridgehead atoms. The van der Waals surface area contributed by atoms with Gasteiger partial charge in [-0.05, 0) is 62.6 Å². The summed E-state index contributed by atoms with van der Waals surface area (Å²) < 4.78 is 3.72. The fourth-order valence-corrected chi connectivity index (χ4v) is 4.24. The van der Waals surface area contributed by atoms with Crippen molar-refractivity contribution in [2.75, 3.05) is 0 Å². The lowest BCUT2D eigenvalue weighted by Crippen LogP contribution is -2.24. The molecule has 0 N–H and O–H groups in total. The van der Waals surface area contributed by atoms with Crippen LogP contribution in [0.15, 0.2) is 47.3 Å². The summed E-state index contributed by atoms with van der Waals surface area (Å²) in [5.74, 6) is 0.701. The van der Waals surface area contributed by atoms with Gasteiger partial charge >= 0.3 is 0 Å². The van der Waals surface area contributed by atoms with Crippen LogP contribution in [0.25, 0.3) is 38.9 Å². The van der Waals surface area contributed by atoms with Gasteiger partial charge in [-0.2, -0.15) is 0 Å². The summed E-state index contributed by atoms with van der Waals surface area (Å²) in [6.07, 6.45) is 0.859. The molecule has 150 valence electrons. The normalized spacial score (nSPS) is 11.7. The zero-order valence-electron chi connectivity index (χ0n) is 17.6. The number of para-hydroxylation sites is 2. The highest BCUT2D eigenvalue weighted by Gasteiger charge is 2.22. The van der Waals surface area contributed by atoms with Crippen LogP contribution in [0.4, 0.5) is 0 Å². The predicted octanol–water partition coefficient (Wildman–Crippen LogP) is 4.62. The van der Waals surface area contributed by atoms with Gasteiger partial charge in [0.15, 0.2) is 11.3 Å². The Morgan fingerprint density at radius 3 is 2.20 bits per heavy atom. The van der Waals surface area contributed by atoms with E-state index in [0.29, 0.717) is 34.6 Å². The van der Waals surface area contributed by atoms with Crippen LogP contribution in [0.5, 0.6) is 0 Å². The maximum atomic E-state index is 13.5. The Balaban J connectivity index is 2.03. The average molecular weight is 397 g/mol. The number of benzene rings is 2. The molecule has 0 atom stereocenters. The van der Waals surface area contributed by atoms with E-state index >= 15 is 0 Å². The molecular formula is C24H23N5O. The van der Waals surface area contributed by atoms with Gasteiger partial charge in [0.05, 0.1) is 11.0 Å². The Morgan fingerprint density at radius 1 is 0.867 bits per heavy atom. The van der Waals surface area contributed by atoms with Crippen LogP contribution in [0.3, 0.4) is 0 Å². The molecule has 0 spiro atoms. The van der Waals surface area contributed by atoms with Gasteiger partial charge in [0.25, 0.3) is 5.56 Å². The summed E-state index contributed by atoms with van der Waals surface area (Å²) >= 11 is 0. The topological polar surface area (TPSA) is 65.6 Å². The van der Waals surface area contributed by atoms with Crippen molar-refractivity contribution in [3.63, 3.8) is 0 Å². The summed E-state index contributed by atoms with van der Waals surface area (Å²) in [5.41, 5.74) is 6.61. The van der Waals surface area contributed by atoms with Gasteiger partial charge in [0, 0.05) is 12.2 Å². The largest absolute Gasteiger partial charge is 0.296 e. The highest BCUT2D eigenvalue weighted by molar-refractivity contribution is 6.05. The van der Waals surface area contributed by atoms with Crippen molar-refractivity contribution in [2.45, 2.75) is 40.7 Å². The van der Waals surface area contributed by atoms with Crippen molar-refractivity contribution in [1.29, 1.82) is 0 Å². The Bertz CT molecular complexity index is 1490. The first-order valence-corrected chi connectivity index (χ1v) is 10.2. The number of fused-ring (bicyclic) bond motifs is 4. The van der Waals surface area contributed by atoms with Crippen molar-refractivity contribution in [1.82, 2.24) is 24.1 Å². The Hall–Kier alpha value is -3.54. The average Bonchev–Trinajstić information content (AvgIpc) is 3.01. The maximum absolute atomic E-state index is 13.5. The number of aryl methyl sites for hydroxylation is 3. The molecule has 0 aliphatic heterocycles. The molecule has 0 saturated carbocycles. The van der Waals surface area contributed by atoms with E-state index in [9.17, 15) is 4.79 Å². The molecule has 0 aliphatic carbocycles. The summed E-state index contributed by atoms with van der Waals surface area (Å²) in [6.45, 7) is 8.71. The van der Waals surface area contributed by atoms with Crippen molar-refractivity contribution in [2.24, 2.45) is 0 Å². The van der Waals surface area contributed by atoms with Gasteiger partial charge < -0.3 is 0 Å². The standard InChI is InChI=1S/C24H23N5O/c1-5-10-28-16(4)25-22-20(24(28)30)21-23(27-19-9-7-6-8-18(19)26-21)29(22)17-12-14(2)11-15(3)13-17/h6-9,11-13H,5,10H2,1-4H3. The van der Waals surface area contributed by atoms with Crippen molar-refractivity contribution in [3.8, 4) is 5.69 Å². The fraction of sp³-hybridized carbons (Fsp3) is 0.250. The lowest BCUT2D eigenvalue weighted by molar-refractivity contribution is 0.624.